The number of rotatable bonds is 3. The Morgan fingerprint density at radius 2 is 2.16 bits per heavy atom. The van der Waals surface area contributed by atoms with Gasteiger partial charge >= 0.3 is 5.97 Å². The van der Waals surface area contributed by atoms with E-state index < -0.39 is 11.5 Å². The molecular formula is C13H14N2O4. The average Bonchev–Trinajstić information content (AvgIpc) is 2.43. The van der Waals surface area contributed by atoms with Gasteiger partial charge in [0.2, 0.25) is 0 Å². The Kier molecular flexibility index (Phi) is 3.97. The lowest BCUT2D eigenvalue weighted by Crippen LogP contribution is -2.25. The predicted molar refractivity (Wildman–Crippen MR) is 65.8 cm³/mol. The highest BCUT2D eigenvalue weighted by atomic mass is 16.5. The second kappa shape index (κ2) is 5.67. The number of hydrogen-bond donors (Lipinski definition) is 2. The summed E-state index contributed by atoms with van der Waals surface area (Å²) in [6.07, 6.45) is 3.19. The summed E-state index contributed by atoms with van der Waals surface area (Å²) in [6.45, 7) is -0.440. The lowest BCUT2D eigenvalue weighted by Gasteiger charge is -2.18. The molecule has 0 radical (unpaired) electrons. The van der Waals surface area contributed by atoms with Gasteiger partial charge in [0.25, 0.3) is 5.56 Å². The van der Waals surface area contributed by atoms with E-state index in [1.807, 2.05) is 0 Å². The van der Waals surface area contributed by atoms with Crippen LogP contribution in [0.3, 0.4) is 0 Å². The van der Waals surface area contributed by atoms with E-state index in [0.717, 1.165) is 12.8 Å². The molecule has 1 aromatic heterocycles. The zero-order valence-corrected chi connectivity index (χ0v) is 10.4. The van der Waals surface area contributed by atoms with Crippen LogP contribution in [-0.2, 0) is 17.6 Å². The number of aromatic nitrogens is 1. The third-order valence-corrected chi connectivity index (χ3v) is 3.15. The number of fused-ring (bicyclic) bond motifs is 1. The second-order valence-electron chi connectivity index (χ2n) is 4.34. The Morgan fingerprint density at radius 1 is 1.42 bits per heavy atom. The SMILES string of the molecule is N#Cc1c(C(=O)OCCO)c2c([nH]c1=O)CCCC2. The minimum absolute atomic E-state index is 0.0643. The number of aryl methyl sites for hydroxylation is 1. The summed E-state index contributed by atoms with van der Waals surface area (Å²) in [4.78, 5) is 26.4. The number of hydrogen-bond acceptors (Lipinski definition) is 5. The monoisotopic (exact) mass is 262 g/mol. The first-order valence-corrected chi connectivity index (χ1v) is 6.15. The summed E-state index contributed by atoms with van der Waals surface area (Å²) in [6, 6.07) is 1.76. The Balaban J connectivity index is 2.55. The summed E-state index contributed by atoms with van der Waals surface area (Å²) < 4.78 is 4.85. The number of H-pyrrole nitrogens is 1. The number of esters is 1. The van der Waals surface area contributed by atoms with Crippen molar-refractivity contribution in [2.24, 2.45) is 0 Å². The summed E-state index contributed by atoms with van der Waals surface area (Å²) >= 11 is 0. The van der Waals surface area contributed by atoms with Gasteiger partial charge in [-0.15, -0.1) is 0 Å². The van der Waals surface area contributed by atoms with Crippen molar-refractivity contribution in [1.29, 1.82) is 5.26 Å². The first-order valence-electron chi connectivity index (χ1n) is 6.15. The smallest absolute Gasteiger partial charge is 0.340 e. The number of carbonyl (C=O) groups is 1. The van der Waals surface area contributed by atoms with Crippen molar-refractivity contribution < 1.29 is 14.6 Å². The van der Waals surface area contributed by atoms with Crippen LogP contribution in [0.15, 0.2) is 4.79 Å². The van der Waals surface area contributed by atoms with E-state index >= 15 is 0 Å². The summed E-state index contributed by atoms with van der Waals surface area (Å²) in [5.74, 6) is -0.713. The molecule has 0 fully saturated rings. The van der Waals surface area contributed by atoms with E-state index in [1.54, 1.807) is 6.07 Å². The molecule has 19 heavy (non-hydrogen) atoms. The standard InChI is InChI=1S/C13H14N2O4/c14-7-9-11(13(18)19-6-5-16)8-3-1-2-4-10(8)15-12(9)17/h16H,1-6H2,(H,15,17). The Hall–Kier alpha value is -2.13. The van der Waals surface area contributed by atoms with Crippen molar-refractivity contribution in [3.63, 3.8) is 0 Å². The number of nitrogens with one attached hydrogen (secondary N) is 1. The van der Waals surface area contributed by atoms with Gasteiger partial charge in [0.1, 0.15) is 18.2 Å². The van der Waals surface area contributed by atoms with Crippen LogP contribution in [0.5, 0.6) is 0 Å². The Morgan fingerprint density at radius 3 is 2.84 bits per heavy atom. The van der Waals surface area contributed by atoms with Gasteiger partial charge in [-0.3, -0.25) is 4.79 Å². The number of pyridine rings is 1. The molecule has 0 spiro atoms. The van der Waals surface area contributed by atoms with E-state index in [2.05, 4.69) is 4.98 Å². The van der Waals surface area contributed by atoms with Gasteiger partial charge in [-0.25, -0.2) is 4.79 Å². The number of nitriles is 1. The van der Waals surface area contributed by atoms with Gasteiger partial charge in [0, 0.05) is 5.69 Å². The van der Waals surface area contributed by atoms with E-state index in [4.69, 9.17) is 15.1 Å². The first-order chi connectivity index (χ1) is 9.19. The normalized spacial score (nSPS) is 13.5. The molecule has 100 valence electrons. The molecule has 1 aliphatic rings. The van der Waals surface area contributed by atoms with Crippen LogP contribution in [-0.4, -0.2) is 29.3 Å². The molecule has 0 saturated heterocycles. The van der Waals surface area contributed by atoms with Crippen LogP contribution < -0.4 is 5.56 Å². The molecule has 0 unspecified atom stereocenters. The molecular weight excluding hydrogens is 248 g/mol. The number of carbonyl (C=O) groups excluding carboxylic acids is 1. The molecule has 1 aromatic rings. The summed E-state index contributed by atoms with van der Waals surface area (Å²) in [5, 5.41) is 17.7. The molecule has 1 aliphatic carbocycles. The van der Waals surface area contributed by atoms with Crippen LogP contribution in [0.4, 0.5) is 0 Å². The maximum Gasteiger partial charge on any atom is 0.340 e. The average molecular weight is 262 g/mol. The van der Waals surface area contributed by atoms with Gasteiger partial charge in [-0.05, 0) is 31.2 Å². The molecule has 0 atom stereocenters. The van der Waals surface area contributed by atoms with Gasteiger partial charge in [-0.1, -0.05) is 0 Å². The minimum atomic E-state index is -0.713. The summed E-state index contributed by atoms with van der Waals surface area (Å²) in [5.41, 5.74) is 0.716. The largest absolute Gasteiger partial charge is 0.460 e. The highest BCUT2D eigenvalue weighted by Crippen LogP contribution is 2.24. The topological polar surface area (TPSA) is 103 Å². The number of aromatic amines is 1. The fourth-order valence-electron chi connectivity index (χ4n) is 2.33. The van der Waals surface area contributed by atoms with Crippen LogP contribution in [0, 0.1) is 11.3 Å². The third-order valence-electron chi connectivity index (χ3n) is 3.15. The Bertz CT molecular complexity index is 598. The molecule has 2 N–H and O–H groups in total. The maximum atomic E-state index is 12.0. The molecule has 0 amide bonds. The van der Waals surface area contributed by atoms with Crippen molar-refractivity contribution in [1.82, 2.24) is 4.98 Å². The fraction of sp³-hybridized carbons (Fsp3) is 0.462. The van der Waals surface area contributed by atoms with Crippen molar-refractivity contribution in [3.8, 4) is 6.07 Å². The van der Waals surface area contributed by atoms with Gasteiger partial charge in [0.15, 0.2) is 0 Å². The number of aliphatic hydroxyl groups is 1. The molecule has 0 aromatic carbocycles. The minimum Gasteiger partial charge on any atom is -0.460 e. The van der Waals surface area contributed by atoms with E-state index in [0.29, 0.717) is 24.1 Å². The van der Waals surface area contributed by atoms with Crippen molar-refractivity contribution in [3.05, 3.63) is 32.7 Å². The lowest BCUT2D eigenvalue weighted by atomic mass is 9.90. The molecule has 0 aliphatic heterocycles. The quantitative estimate of drug-likeness (QED) is 0.761. The highest BCUT2D eigenvalue weighted by molar-refractivity contribution is 5.94. The van der Waals surface area contributed by atoms with Crippen molar-refractivity contribution >= 4 is 5.97 Å². The van der Waals surface area contributed by atoms with E-state index in [-0.39, 0.29) is 24.3 Å². The van der Waals surface area contributed by atoms with Crippen LogP contribution in [0.1, 0.15) is 40.0 Å². The highest BCUT2D eigenvalue weighted by Gasteiger charge is 2.25. The van der Waals surface area contributed by atoms with E-state index in [9.17, 15) is 9.59 Å². The molecule has 6 nitrogen and oxygen atoms in total. The zero-order chi connectivity index (χ0) is 13.8. The van der Waals surface area contributed by atoms with Crippen LogP contribution in [0.25, 0.3) is 0 Å². The van der Waals surface area contributed by atoms with Gasteiger partial charge in [-0.2, -0.15) is 5.26 Å². The number of nitrogens with zero attached hydrogens (tertiary/aromatic N) is 1. The lowest BCUT2D eigenvalue weighted by molar-refractivity contribution is 0.0431. The second-order valence-corrected chi connectivity index (χ2v) is 4.34. The molecule has 0 bridgehead atoms. The molecule has 6 heteroatoms. The van der Waals surface area contributed by atoms with Gasteiger partial charge in [0.05, 0.1) is 12.2 Å². The van der Waals surface area contributed by atoms with Crippen LogP contribution >= 0.6 is 0 Å². The van der Waals surface area contributed by atoms with Crippen LogP contribution in [0.2, 0.25) is 0 Å². The predicted octanol–water partition coefficient (Wildman–Crippen LogP) is 0.274. The fourth-order valence-corrected chi connectivity index (χ4v) is 2.33. The third kappa shape index (κ3) is 2.51. The Labute approximate surface area is 109 Å². The van der Waals surface area contributed by atoms with Crippen molar-refractivity contribution in [2.45, 2.75) is 25.7 Å². The molecule has 0 saturated carbocycles. The first kappa shape index (κ1) is 13.3. The maximum absolute atomic E-state index is 12.0. The zero-order valence-electron chi connectivity index (χ0n) is 10.4. The van der Waals surface area contributed by atoms with Gasteiger partial charge < -0.3 is 14.8 Å². The number of ether oxygens (including phenoxy) is 1. The molecule has 2 rings (SSSR count). The van der Waals surface area contributed by atoms with Crippen molar-refractivity contribution in [2.75, 3.05) is 13.2 Å². The molecule has 1 heterocycles. The van der Waals surface area contributed by atoms with E-state index in [1.165, 1.54) is 0 Å². The number of aliphatic hydroxyl groups excluding tert-OH is 1. The summed E-state index contributed by atoms with van der Waals surface area (Å²) in [7, 11) is 0.